The summed E-state index contributed by atoms with van der Waals surface area (Å²) in [7, 11) is -3.57. The fraction of sp³-hybridized carbons (Fsp3) is 0.450. The maximum Gasteiger partial charge on any atom is 0.287 e. The molecule has 1 fully saturated rings. The molecule has 2 aromatic rings. The van der Waals surface area contributed by atoms with Gasteiger partial charge in [-0.15, -0.1) is 0 Å². The first-order valence-corrected chi connectivity index (χ1v) is 11.2. The molecule has 1 saturated carbocycles. The van der Waals surface area contributed by atoms with Crippen molar-refractivity contribution < 1.29 is 17.6 Å². The van der Waals surface area contributed by atoms with Gasteiger partial charge in [-0.3, -0.25) is 4.79 Å². The maximum absolute atomic E-state index is 12.5. The first-order chi connectivity index (χ1) is 12.8. The number of furan rings is 1. The van der Waals surface area contributed by atoms with Crippen LogP contribution >= 0.6 is 11.6 Å². The topological polar surface area (TPSA) is 76.4 Å². The Balaban J connectivity index is 1.67. The Bertz CT molecular complexity index is 904. The van der Waals surface area contributed by atoms with E-state index in [4.69, 9.17) is 16.0 Å². The van der Waals surface area contributed by atoms with Gasteiger partial charge in [0.15, 0.2) is 15.6 Å². The van der Waals surface area contributed by atoms with Crippen LogP contribution < -0.4 is 5.32 Å². The Labute approximate surface area is 165 Å². The molecule has 3 rings (SSSR count). The van der Waals surface area contributed by atoms with Crippen LogP contribution in [0.3, 0.4) is 0 Å². The number of hydrogen-bond acceptors (Lipinski definition) is 4. The number of carbonyl (C=O) groups excluding carboxylic acids is 1. The zero-order valence-electron chi connectivity index (χ0n) is 15.4. The SMILES string of the molecule is C[C@H]1[C@H](C)CCC[C@H]1NC(=O)c1ccc(CS(=O)(=O)c2ccc(Cl)cc2)o1. The van der Waals surface area contributed by atoms with Gasteiger partial charge in [-0.25, -0.2) is 8.42 Å². The molecule has 1 aliphatic rings. The third-order valence-electron chi connectivity index (χ3n) is 5.41. The molecule has 1 amide bonds. The lowest BCUT2D eigenvalue weighted by Crippen LogP contribution is -2.43. The maximum atomic E-state index is 12.5. The van der Waals surface area contributed by atoms with Gasteiger partial charge in [0.05, 0.1) is 4.90 Å². The first kappa shape index (κ1) is 20.0. The van der Waals surface area contributed by atoms with E-state index in [0.29, 0.717) is 16.9 Å². The average molecular weight is 410 g/mol. The standard InChI is InChI=1S/C20H24ClNO4S/c1-13-4-3-5-18(14(13)2)22-20(23)19-11-8-16(26-19)12-27(24,25)17-9-6-15(21)7-10-17/h6-11,13-14,18H,3-5,12H2,1-2H3,(H,22,23)/t13-,14+,18-/m1/s1. The van der Waals surface area contributed by atoms with E-state index in [9.17, 15) is 13.2 Å². The molecule has 0 saturated heterocycles. The smallest absolute Gasteiger partial charge is 0.287 e. The van der Waals surface area contributed by atoms with E-state index in [0.717, 1.165) is 12.8 Å². The van der Waals surface area contributed by atoms with Gasteiger partial charge in [0.1, 0.15) is 11.5 Å². The Morgan fingerprint density at radius 1 is 1.15 bits per heavy atom. The quantitative estimate of drug-likeness (QED) is 0.790. The van der Waals surface area contributed by atoms with Crippen LogP contribution in [0.1, 0.15) is 49.4 Å². The predicted molar refractivity (Wildman–Crippen MR) is 104 cm³/mol. The molecule has 0 radical (unpaired) electrons. The Hall–Kier alpha value is -1.79. The van der Waals surface area contributed by atoms with E-state index < -0.39 is 9.84 Å². The summed E-state index contributed by atoms with van der Waals surface area (Å²) in [6, 6.07) is 9.16. The van der Waals surface area contributed by atoms with Crippen molar-refractivity contribution in [2.75, 3.05) is 0 Å². The fourth-order valence-electron chi connectivity index (χ4n) is 3.52. The van der Waals surface area contributed by atoms with E-state index in [-0.39, 0.29) is 34.1 Å². The van der Waals surface area contributed by atoms with E-state index in [1.807, 2.05) is 0 Å². The Morgan fingerprint density at radius 3 is 2.56 bits per heavy atom. The fourth-order valence-corrected chi connectivity index (χ4v) is 4.89. The number of halogens is 1. The second-order valence-electron chi connectivity index (χ2n) is 7.33. The van der Waals surface area contributed by atoms with Crippen molar-refractivity contribution >= 4 is 27.3 Å². The molecule has 3 atom stereocenters. The van der Waals surface area contributed by atoms with Crippen LogP contribution in [0.5, 0.6) is 0 Å². The van der Waals surface area contributed by atoms with Crippen molar-refractivity contribution in [3.05, 3.63) is 52.9 Å². The van der Waals surface area contributed by atoms with Crippen LogP contribution in [-0.4, -0.2) is 20.4 Å². The molecule has 1 aromatic carbocycles. The molecule has 27 heavy (non-hydrogen) atoms. The van der Waals surface area contributed by atoms with Crippen LogP contribution in [0.4, 0.5) is 0 Å². The Morgan fingerprint density at radius 2 is 1.85 bits per heavy atom. The van der Waals surface area contributed by atoms with Gasteiger partial charge in [0.2, 0.25) is 0 Å². The number of carbonyl (C=O) groups is 1. The van der Waals surface area contributed by atoms with Crippen LogP contribution in [-0.2, 0) is 15.6 Å². The highest BCUT2D eigenvalue weighted by Crippen LogP contribution is 2.29. The van der Waals surface area contributed by atoms with Crippen molar-refractivity contribution in [3.63, 3.8) is 0 Å². The summed E-state index contributed by atoms with van der Waals surface area (Å²) in [4.78, 5) is 12.6. The van der Waals surface area contributed by atoms with Gasteiger partial charge < -0.3 is 9.73 Å². The minimum Gasteiger partial charge on any atom is -0.455 e. The van der Waals surface area contributed by atoms with Crippen molar-refractivity contribution in [1.29, 1.82) is 0 Å². The highest BCUT2D eigenvalue weighted by atomic mass is 35.5. The van der Waals surface area contributed by atoms with Crippen molar-refractivity contribution in [2.45, 2.75) is 49.8 Å². The minimum absolute atomic E-state index is 0.118. The lowest BCUT2D eigenvalue weighted by molar-refractivity contribution is 0.0861. The number of rotatable bonds is 5. The molecule has 1 heterocycles. The van der Waals surface area contributed by atoms with Crippen molar-refractivity contribution in [2.24, 2.45) is 11.8 Å². The second-order valence-corrected chi connectivity index (χ2v) is 9.75. The third kappa shape index (κ3) is 4.74. The average Bonchev–Trinajstić information content (AvgIpc) is 3.07. The molecule has 7 heteroatoms. The summed E-state index contributed by atoms with van der Waals surface area (Å²) in [5, 5.41) is 3.50. The van der Waals surface area contributed by atoms with Gasteiger partial charge in [-0.05, 0) is 54.7 Å². The zero-order chi connectivity index (χ0) is 19.6. The van der Waals surface area contributed by atoms with Gasteiger partial charge in [-0.2, -0.15) is 0 Å². The largest absolute Gasteiger partial charge is 0.455 e. The van der Waals surface area contributed by atoms with Crippen molar-refractivity contribution in [3.8, 4) is 0 Å². The molecule has 1 aromatic heterocycles. The van der Waals surface area contributed by atoms with Gasteiger partial charge in [0.25, 0.3) is 5.91 Å². The third-order valence-corrected chi connectivity index (χ3v) is 7.32. The number of sulfone groups is 1. The minimum atomic E-state index is -3.57. The van der Waals surface area contributed by atoms with E-state index in [1.54, 1.807) is 0 Å². The van der Waals surface area contributed by atoms with E-state index >= 15 is 0 Å². The lowest BCUT2D eigenvalue weighted by atomic mass is 9.78. The summed E-state index contributed by atoms with van der Waals surface area (Å²) in [6.07, 6.45) is 3.23. The normalized spacial score (nSPS) is 23.1. The zero-order valence-corrected chi connectivity index (χ0v) is 17.0. The molecule has 1 aliphatic carbocycles. The predicted octanol–water partition coefficient (Wildman–Crippen LogP) is 4.46. The molecule has 146 valence electrons. The number of benzene rings is 1. The van der Waals surface area contributed by atoms with Gasteiger partial charge in [0, 0.05) is 11.1 Å². The summed E-state index contributed by atoms with van der Waals surface area (Å²) in [5.41, 5.74) is 0. The number of hydrogen-bond donors (Lipinski definition) is 1. The molecule has 0 aliphatic heterocycles. The highest BCUT2D eigenvalue weighted by Gasteiger charge is 2.29. The molecule has 5 nitrogen and oxygen atoms in total. The van der Waals surface area contributed by atoms with E-state index in [2.05, 4.69) is 19.2 Å². The molecule has 0 bridgehead atoms. The first-order valence-electron chi connectivity index (χ1n) is 9.14. The summed E-state index contributed by atoms with van der Waals surface area (Å²) in [6.45, 7) is 4.36. The number of amides is 1. The molecular formula is C20H24ClNO4S. The number of nitrogens with one attached hydrogen (secondary N) is 1. The van der Waals surface area contributed by atoms with Crippen molar-refractivity contribution in [1.82, 2.24) is 5.32 Å². The summed E-state index contributed by atoms with van der Waals surface area (Å²) in [5.74, 6) is 0.750. The van der Waals surface area contributed by atoms with Crippen LogP contribution in [0.15, 0.2) is 45.7 Å². The lowest BCUT2D eigenvalue weighted by Gasteiger charge is -2.34. The van der Waals surface area contributed by atoms with Gasteiger partial charge >= 0.3 is 0 Å². The summed E-state index contributed by atoms with van der Waals surface area (Å²) >= 11 is 5.80. The summed E-state index contributed by atoms with van der Waals surface area (Å²) < 4.78 is 30.5. The molecular weight excluding hydrogens is 386 g/mol. The van der Waals surface area contributed by atoms with E-state index in [1.165, 1.54) is 42.8 Å². The van der Waals surface area contributed by atoms with Crippen LogP contribution in [0.25, 0.3) is 0 Å². The van der Waals surface area contributed by atoms with Crippen LogP contribution in [0.2, 0.25) is 5.02 Å². The van der Waals surface area contributed by atoms with Crippen LogP contribution in [0, 0.1) is 11.8 Å². The molecule has 0 unspecified atom stereocenters. The Kier molecular flexibility index (Phi) is 5.96. The monoisotopic (exact) mass is 409 g/mol. The van der Waals surface area contributed by atoms with Gasteiger partial charge in [-0.1, -0.05) is 38.3 Å². The highest BCUT2D eigenvalue weighted by molar-refractivity contribution is 7.90. The molecule has 1 N–H and O–H groups in total. The molecule has 0 spiro atoms. The second kappa shape index (κ2) is 8.07.